The third-order valence-corrected chi connectivity index (χ3v) is 4.17. The van der Waals surface area contributed by atoms with Crippen LogP contribution in [-0.4, -0.2) is 29.3 Å². The number of aromatic nitrogens is 1. The standard InChI is InChI=1S/C17H17N3O2S/c1-20(2)13-6-4-12(5-7-13)18-17-19-14(10-23-17)11-3-8-15(21)16(22)9-11/h3-10,21-22H,1-2H3,(H,18,19). The molecule has 23 heavy (non-hydrogen) atoms. The number of thiazole rings is 1. The maximum absolute atomic E-state index is 9.58. The highest BCUT2D eigenvalue weighted by molar-refractivity contribution is 7.14. The van der Waals surface area contributed by atoms with Gasteiger partial charge in [-0.15, -0.1) is 11.3 Å². The van der Waals surface area contributed by atoms with Crippen LogP contribution < -0.4 is 10.2 Å². The van der Waals surface area contributed by atoms with E-state index in [9.17, 15) is 10.2 Å². The predicted molar refractivity (Wildman–Crippen MR) is 94.9 cm³/mol. The third kappa shape index (κ3) is 3.37. The monoisotopic (exact) mass is 327 g/mol. The third-order valence-electron chi connectivity index (χ3n) is 3.41. The Labute approximate surface area is 138 Å². The Bertz CT molecular complexity index is 813. The summed E-state index contributed by atoms with van der Waals surface area (Å²) < 4.78 is 0. The van der Waals surface area contributed by atoms with E-state index in [4.69, 9.17) is 0 Å². The molecule has 5 nitrogen and oxygen atoms in total. The van der Waals surface area contributed by atoms with Gasteiger partial charge in [-0.1, -0.05) is 0 Å². The van der Waals surface area contributed by atoms with Crippen molar-refractivity contribution < 1.29 is 10.2 Å². The summed E-state index contributed by atoms with van der Waals surface area (Å²) in [6, 6.07) is 12.8. The van der Waals surface area contributed by atoms with Gasteiger partial charge in [-0.05, 0) is 42.5 Å². The van der Waals surface area contributed by atoms with Crippen LogP contribution in [0.25, 0.3) is 11.3 Å². The molecule has 118 valence electrons. The maximum atomic E-state index is 9.58. The number of benzene rings is 2. The zero-order chi connectivity index (χ0) is 16.4. The average molecular weight is 327 g/mol. The van der Waals surface area contributed by atoms with E-state index < -0.39 is 0 Å². The molecule has 0 spiro atoms. The molecule has 1 aromatic heterocycles. The van der Waals surface area contributed by atoms with E-state index in [2.05, 4.69) is 10.3 Å². The van der Waals surface area contributed by atoms with E-state index in [0.717, 1.165) is 27.8 Å². The molecule has 0 radical (unpaired) electrons. The van der Waals surface area contributed by atoms with Crippen LogP contribution in [0.15, 0.2) is 47.8 Å². The fraction of sp³-hybridized carbons (Fsp3) is 0.118. The van der Waals surface area contributed by atoms with Crippen molar-refractivity contribution in [1.82, 2.24) is 4.98 Å². The number of phenols is 2. The smallest absolute Gasteiger partial charge is 0.187 e. The molecular formula is C17H17N3O2S. The first-order valence-corrected chi connectivity index (χ1v) is 7.93. The summed E-state index contributed by atoms with van der Waals surface area (Å²) in [7, 11) is 4.01. The van der Waals surface area contributed by atoms with Gasteiger partial charge in [0.1, 0.15) is 0 Å². The molecule has 6 heteroatoms. The molecule has 2 aromatic carbocycles. The fourth-order valence-corrected chi connectivity index (χ4v) is 2.85. The van der Waals surface area contributed by atoms with E-state index in [1.165, 1.54) is 23.5 Å². The first-order valence-electron chi connectivity index (χ1n) is 7.05. The highest BCUT2D eigenvalue weighted by Gasteiger charge is 2.08. The zero-order valence-electron chi connectivity index (χ0n) is 12.8. The molecule has 0 amide bonds. The van der Waals surface area contributed by atoms with Crippen molar-refractivity contribution in [1.29, 1.82) is 0 Å². The van der Waals surface area contributed by atoms with Crippen molar-refractivity contribution in [2.75, 3.05) is 24.3 Å². The van der Waals surface area contributed by atoms with Crippen LogP contribution in [0.4, 0.5) is 16.5 Å². The van der Waals surface area contributed by atoms with Crippen LogP contribution in [0.5, 0.6) is 11.5 Å². The van der Waals surface area contributed by atoms with Crippen molar-refractivity contribution in [2.24, 2.45) is 0 Å². The minimum atomic E-state index is -0.149. The summed E-state index contributed by atoms with van der Waals surface area (Å²) >= 11 is 1.48. The molecule has 0 aliphatic heterocycles. The Kier molecular flexibility index (Phi) is 4.08. The fourth-order valence-electron chi connectivity index (χ4n) is 2.11. The van der Waals surface area contributed by atoms with Gasteiger partial charge in [-0.25, -0.2) is 4.98 Å². The number of anilines is 3. The Morgan fingerprint density at radius 1 is 1.00 bits per heavy atom. The van der Waals surface area contributed by atoms with Crippen molar-refractivity contribution in [2.45, 2.75) is 0 Å². The second kappa shape index (κ2) is 6.18. The SMILES string of the molecule is CN(C)c1ccc(Nc2nc(-c3ccc(O)c(O)c3)cs2)cc1. The van der Waals surface area contributed by atoms with Gasteiger partial charge in [0.2, 0.25) is 0 Å². The maximum Gasteiger partial charge on any atom is 0.187 e. The van der Waals surface area contributed by atoms with E-state index in [1.54, 1.807) is 6.07 Å². The second-order valence-electron chi connectivity index (χ2n) is 5.31. The van der Waals surface area contributed by atoms with Gasteiger partial charge in [0, 0.05) is 36.4 Å². The van der Waals surface area contributed by atoms with Crippen molar-refractivity contribution in [3.05, 3.63) is 47.8 Å². The molecule has 0 fully saturated rings. The number of hydrogen-bond acceptors (Lipinski definition) is 6. The van der Waals surface area contributed by atoms with Gasteiger partial charge in [-0.3, -0.25) is 0 Å². The Morgan fingerprint density at radius 3 is 2.39 bits per heavy atom. The molecule has 3 aromatic rings. The molecule has 0 bridgehead atoms. The molecule has 1 heterocycles. The number of nitrogens with zero attached hydrogens (tertiary/aromatic N) is 2. The molecule has 3 rings (SSSR count). The number of aromatic hydroxyl groups is 2. The summed E-state index contributed by atoms with van der Waals surface area (Å²) in [6.45, 7) is 0. The summed E-state index contributed by atoms with van der Waals surface area (Å²) in [5.74, 6) is -0.285. The summed E-state index contributed by atoms with van der Waals surface area (Å²) in [6.07, 6.45) is 0. The van der Waals surface area contributed by atoms with Crippen molar-refractivity contribution in [3.8, 4) is 22.8 Å². The van der Waals surface area contributed by atoms with Crippen LogP contribution in [0.2, 0.25) is 0 Å². The normalized spacial score (nSPS) is 10.5. The minimum Gasteiger partial charge on any atom is -0.504 e. The number of hydrogen-bond donors (Lipinski definition) is 3. The van der Waals surface area contributed by atoms with E-state index in [-0.39, 0.29) is 11.5 Å². The summed E-state index contributed by atoms with van der Waals surface area (Å²) in [5, 5.41) is 24.9. The molecule has 3 N–H and O–H groups in total. The van der Waals surface area contributed by atoms with E-state index in [1.807, 2.05) is 48.6 Å². The molecule has 0 atom stereocenters. The Hall–Kier alpha value is -2.73. The molecule has 0 aliphatic carbocycles. The zero-order valence-corrected chi connectivity index (χ0v) is 13.6. The van der Waals surface area contributed by atoms with Crippen LogP contribution in [-0.2, 0) is 0 Å². The molecule has 0 saturated carbocycles. The topological polar surface area (TPSA) is 68.6 Å². The molecule has 0 saturated heterocycles. The average Bonchev–Trinajstić information content (AvgIpc) is 2.99. The highest BCUT2D eigenvalue weighted by Crippen LogP contribution is 2.32. The van der Waals surface area contributed by atoms with Gasteiger partial charge in [0.05, 0.1) is 5.69 Å². The number of phenolic OH excluding ortho intramolecular Hbond substituents is 2. The van der Waals surface area contributed by atoms with Crippen LogP contribution in [0, 0.1) is 0 Å². The van der Waals surface area contributed by atoms with E-state index in [0.29, 0.717) is 0 Å². The van der Waals surface area contributed by atoms with Gasteiger partial charge < -0.3 is 20.4 Å². The highest BCUT2D eigenvalue weighted by atomic mass is 32.1. The summed E-state index contributed by atoms with van der Waals surface area (Å²) in [5.41, 5.74) is 3.60. The van der Waals surface area contributed by atoms with Gasteiger partial charge in [-0.2, -0.15) is 0 Å². The lowest BCUT2D eigenvalue weighted by Crippen LogP contribution is -2.08. The van der Waals surface area contributed by atoms with Gasteiger partial charge in [0.15, 0.2) is 16.6 Å². The quantitative estimate of drug-likeness (QED) is 0.631. The van der Waals surface area contributed by atoms with Crippen molar-refractivity contribution in [3.63, 3.8) is 0 Å². The van der Waals surface area contributed by atoms with Crippen LogP contribution >= 0.6 is 11.3 Å². The number of nitrogens with one attached hydrogen (secondary N) is 1. The summed E-state index contributed by atoms with van der Waals surface area (Å²) in [4.78, 5) is 6.55. The lowest BCUT2D eigenvalue weighted by molar-refractivity contribution is 0.404. The minimum absolute atomic E-state index is 0.136. The first kappa shape index (κ1) is 15.2. The first-order chi connectivity index (χ1) is 11.0. The molecule has 0 aliphatic rings. The van der Waals surface area contributed by atoms with Gasteiger partial charge >= 0.3 is 0 Å². The van der Waals surface area contributed by atoms with E-state index >= 15 is 0 Å². The van der Waals surface area contributed by atoms with Crippen LogP contribution in [0.3, 0.4) is 0 Å². The van der Waals surface area contributed by atoms with Crippen LogP contribution in [0.1, 0.15) is 0 Å². The second-order valence-corrected chi connectivity index (χ2v) is 6.17. The van der Waals surface area contributed by atoms with Gasteiger partial charge in [0.25, 0.3) is 0 Å². The van der Waals surface area contributed by atoms with Crippen molar-refractivity contribution >= 4 is 27.8 Å². The Balaban J connectivity index is 1.77. The number of rotatable bonds is 4. The lowest BCUT2D eigenvalue weighted by atomic mass is 10.1. The lowest BCUT2D eigenvalue weighted by Gasteiger charge is -2.12. The molecule has 0 unspecified atom stereocenters. The Morgan fingerprint density at radius 2 is 1.74 bits per heavy atom. The largest absolute Gasteiger partial charge is 0.504 e. The molecular weight excluding hydrogens is 310 g/mol. The predicted octanol–water partition coefficient (Wildman–Crippen LogP) is 4.03.